The predicted octanol–water partition coefficient (Wildman–Crippen LogP) is 4.57. The van der Waals surface area contributed by atoms with Crippen LogP contribution in [0, 0.1) is 6.92 Å². The van der Waals surface area contributed by atoms with E-state index in [-0.39, 0.29) is 18.0 Å². The van der Waals surface area contributed by atoms with E-state index in [2.05, 4.69) is 16.9 Å². The zero-order chi connectivity index (χ0) is 19.9. The van der Waals surface area contributed by atoms with Crippen LogP contribution in [0.5, 0.6) is 0 Å². The van der Waals surface area contributed by atoms with Crippen molar-refractivity contribution < 1.29 is 14.3 Å². The maximum atomic E-state index is 11.2. The zero-order valence-corrected chi connectivity index (χ0v) is 17.3. The Morgan fingerprint density at radius 1 is 1.18 bits per heavy atom. The summed E-state index contributed by atoms with van der Waals surface area (Å²) in [6, 6.07) is 5.78. The van der Waals surface area contributed by atoms with E-state index in [4.69, 9.17) is 21.1 Å². The van der Waals surface area contributed by atoms with Gasteiger partial charge in [-0.2, -0.15) is 0 Å². The molecule has 1 spiro atoms. The van der Waals surface area contributed by atoms with E-state index >= 15 is 0 Å². The van der Waals surface area contributed by atoms with Gasteiger partial charge in [-0.25, -0.2) is 4.98 Å². The first kappa shape index (κ1) is 19.5. The summed E-state index contributed by atoms with van der Waals surface area (Å²) in [5.41, 5.74) is 5.10. The number of carbonyl (C=O) groups excluding carboxylic acids is 1. The average Bonchev–Trinajstić information content (AvgIpc) is 3.16. The summed E-state index contributed by atoms with van der Waals surface area (Å²) < 4.78 is 12.0. The molecular formula is C22H25ClN2O3. The molecule has 0 saturated carbocycles. The van der Waals surface area contributed by atoms with Gasteiger partial charge in [0.2, 0.25) is 5.79 Å². The molecule has 5 rings (SSSR count). The Morgan fingerprint density at radius 3 is 2.64 bits per heavy atom. The minimum absolute atomic E-state index is 0.0991. The van der Waals surface area contributed by atoms with Gasteiger partial charge in [0.25, 0.3) is 0 Å². The summed E-state index contributed by atoms with van der Waals surface area (Å²) in [4.78, 5) is 19.7. The number of Topliss-reactive ketones (excluding diaryl/α,β-unsaturated/α-hetero) is 1. The summed E-state index contributed by atoms with van der Waals surface area (Å²) in [6.45, 7) is 6.14. The van der Waals surface area contributed by atoms with Crippen LogP contribution in [0.4, 0.5) is 0 Å². The van der Waals surface area contributed by atoms with E-state index in [0.29, 0.717) is 17.3 Å². The number of halogens is 1. The smallest absolute Gasteiger partial charge is 0.213 e. The highest BCUT2D eigenvalue weighted by Gasteiger charge is 2.51. The van der Waals surface area contributed by atoms with Crippen molar-refractivity contribution in [3.05, 3.63) is 57.6 Å². The fourth-order valence-electron chi connectivity index (χ4n) is 4.20. The molecule has 5 nitrogen and oxygen atoms in total. The highest BCUT2D eigenvalue weighted by Crippen LogP contribution is 2.47. The van der Waals surface area contributed by atoms with Crippen LogP contribution in [0.3, 0.4) is 0 Å². The molecule has 2 atom stereocenters. The molecule has 1 fully saturated rings. The molecule has 0 radical (unpaired) electrons. The highest BCUT2D eigenvalue weighted by atomic mass is 35.5. The molecule has 148 valence electrons. The molecular weight excluding hydrogens is 376 g/mol. The summed E-state index contributed by atoms with van der Waals surface area (Å²) in [5, 5.41) is 0.516. The third-order valence-electron chi connectivity index (χ3n) is 5.80. The number of ketones is 1. The van der Waals surface area contributed by atoms with Crippen molar-refractivity contribution in [3.63, 3.8) is 0 Å². The lowest BCUT2D eigenvalue weighted by atomic mass is 9.95. The van der Waals surface area contributed by atoms with Crippen LogP contribution in [0.15, 0.2) is 24.4 Å². The van der Waals surface area contributed by atoms with E-state index in [9.17, 15) is 4.79 Å². The quantitative estimate of drug-likeness (QED) is 0.606. The highest BCUT2D eigenvalue weighted by molar-refractivity contribution is 6.29. The van der Waals surface area contributed by atoms with Gasteiger partial charge in [-0.1, -0.05) is 17.7 Å². The molecule has 0 amide bonds. The van der Waals surface area contributed by atoms with Gasteiger partial charge in [0.05, 0.1) is 12.2 Å². The number of nitrogens with zero attached hydrogens (tertiary/aromatic N) is 2. The maximum Gasteiger partial charge on any atom is 0.213 e. The van der Waals surface area contributed by atoms with Crippen molar-refractivity contribution in [2.75, 3.05) is 0 Å². The van der Waals surface area contributed by atoms with Gasteiger partial charge in [0.1, 0.15) is 16.5 Å². The number of rotatable bonds is 0. The lowest BCUT2D eigenvalue weighted by Crippen LogP contribution is -2.26. The number of hydrogen-bond donors (Lipinski definition) is 0. The summed E-state index contributed by atoms with van der Waals surface area (Å²) >= 11 is 6.04. The average molecular weight is 401 g/mol. The number of ether oxygens (including phenoxy) is 2. The predicted molar refractivity (Wildman–Crippen MR) is 107 cm³/mol. The van der Waals surface area contributed by atoms with Crippen molar-refractivity contribution in [2.24, 2.45) is 0 Å². The molecule has 0 bridgehead atoms. The molecule has 0 unspecified atom stereocenters. The molecule has 28 heavy (non-hydrogen) atoms. The van der Waals surface area contributed by atoms with Gasteiger partial charge in [-0.15, -0.1) is 0 Å². The van der Waals surface area contributed by atoms with Crippen molar-refractivity contribution in [3.8, 4) is 0 Å². The second-order valence-corrected chi connectivity index (χ2v) is 8.16. The fourth-order valence-corrected chi connectivity index (χ4v) is 4.44. The van der Waals surface area contributed by atoms with Gasteiger partial charge in [0.15, 0.2) is 5.78 Å². The molecule has 2 aromatic heterocycles. The SMILES string of the molecule is Cc1cc(Cl)nc2c1CCC21O[C@H](C)[C@@H](C)O1.O=C1CCCc2cccnc21. The van der Waals surface area contributed by atoms with E-state index in [1.807, 2.05) is 32.0 Å². The standard InChI is InChI=1S/C13H16ClNO2.C9H9NO/c1-7-6-11(14)15-12-10(7)4-5-13(12)16-8(2)9(3)17-13;11-8-5-1-3-7-4-2-6-10-9(7)8/h6,8-9H,4-5H2,1-3H3;2,4,6H,1,3,5H2/t8-,9-;/m1./s1. The van der Waals surface area contributed by atoms with Gasteiger partial charge in [-0.05, 0) is 68.9 Å². The van der Waals surface area contributed by atoms with Gasteiger partial charge >= 0.3 is 0 Å². The Hall–Kier alpha value is -1.82. The Balaban J connectivity index is 0.000000151. The van der Waals surface area contributed by atoms with Crippen LogP contribution in [-0.4, -0.2) is 28.0 Å². The van der Waals surface area contributed by atoms with Gasteiger partial charge in [0, 0.05) is 19.0 Å². The minimum Gasteiger partial charge on any atom is -0.339 e. The normalized spacial score (nSPS) is 24.5. The molecule has 1 aliphatic heterocycles. The molecule has 0 N–H and O–H groups in total. The third-order valence-corrected chi connectivity index (χ3v) is 5.99. The second kappa shape index (κ2) is 7.54. The summed E-state index contributed by atoms with van der Waals surface area (Å²) in [7, 11) is 0. The Bertz CT molecular complexity index is 905. The van der Waals surface area contributed by atoms with Crippen LogP contribution >= 0.6 is 11.6 Å². The van der Waals surface area contributed by atoms with Crippen LogP contribution in [0.2, 0.25) is 5.15 Å². The van der Waals surface area contributed by atoms with Crippen molar-refractivity contribution in [1.29, 1.82) is 0 Å². The first-order chi connectivity index (χ1) is 13.4. The second-order valence-electron chi connectivity index (χ2n) is 7.78. The van der Waals surface area contributed by atoms with E-state index in [0.717, 1.165) is 36.9 Å². The third kappa shape index (κ3) is 3.47. The Labute approximate surface area is 170 Å². The minimum atomic E-state index is -0.649. The van der Waals surface area contributed by atoms with Crippen molar-refractivity contribution in [1.82, 2.24) is 9.97 Å². The molecule has 2 aromatic rings. The number of pyridine rings is 2. The van der Waals surface area contributed by atoms with Gasteiger partial charge < -0.3 is 9.47 Å². The largest absolute Gasteiger partial charge is 0.339 e. The number of carbonyl (C=O) groups is 1. The fraction of sp³-hybridized carbons (Fsp3) is 0.500. The summed E-state index contributed by atoms with van der Waals surface area (Å²) in [5.74, 6) is -0.448. The monoisotopic (exact) mass is 400 g/mol. The number of aryl methyl sites for hydroxylation is 2. The lowest BCUT2D eigenvalue weighted by Gasteiger charge is -2.23. The first-order valence-corrected chi connectivity index (χ1v) is 10.3. The molecule has 1 saturated heterocycles. The molecule has 2 aliphatic carbocycles. The van der Waals surface area contributed by atoms with Gasteiger partial charge in [-0.3, -0.25) is 9.78 Å². The van der Waals surface area contributed by atoms with E-state index in [1.165, 1.54) is 11.1 Å². The van der Waals surface area contributed by atoms with Crippen molar-refractivity contribution >= 4 is 17.4 Å². The Kier molecular flexibility index (Phi) is 5.25. The maximum absolute atomic E-state index is 11.2. The summed E-state index contributed by atoms with van der Waals surface area (Å²) in [6.07, 6.45) is 6.33. The molecule has 6 heteroatoms. The van der Waals surface area contributed by atoms with Crippen LogP contribution in [0.1, 0.15) is 66.0 Å². The van der Waals surface area contributed by atoms with E-state index in [1.54, 1.807) is 6.20 Å². The van der Waals surface area contributed by atoms with Crippen molar-refractivity contribution in [2.45, 2.75) is 70.9 Å². The number of hydrogen-bond acceptors (Lipinski definition) is 5. The first-order valence-electron chi connectivity index (χ1n) is 9.89. The van der Waals surface area contributed by atoms with Crippen LogP contribution in [0.25, 0.3) is 0 Å². The number of aromatic nitrogens is 2. The lowest BCUT2D eigenvalue weighted by molar-refractivity contribution is -0.182. The van der Waals surface area contributed by atoms with Crippen LogP contribution < -0.4 is 0 Å². The number of fused-ring (bicyclic) bond motifs is 3. The molecule has 0 aromatic carbocycles. The van der Waals surface area contributed by atoms with E-state index < -0.39 is 5.79 Å². The Morgan fingerprint density at radius 2 is 1.93 bits per heavy atom. The van der Waals surface area contributed by atoms with Crippen LogP contribution in [-0.2, 0) is 28.1 Å². The zero-order valence-electron chi connectivity index (χ0n) is 16.5. The topological polar surface area (TPSA) is 61.3 Å². The molecule has 3 aliphatic rings. The molecule has 3 heterocycles.